The zero-order valence-corrected chi connectivity index (χ0v) is 6.58. The number of aliphatic hydroxyl groups excluding tert-OH is 1. The van der Waals surface area contributed by atoms with Crippen LogP contribution < -0.4 is 0 Å². The molecule has 0 radical (unpaired) electrons. The maximum Gasteiger partial charge on any atom is 0.0645 e. The van der Waals surface area contributed by atoms with Crippen molar-refractivity contribution < 1.29 is 14.6 Å². The second kappa shape index (κ2) is 3.85. The standard InChI is InChI=1S/C8H14O3/c1-2-3-10-5-8(4-9)6-11-7-8/h2,9H,1,3-7H2. The summed E-state index contributed by atoms with van der Waals surface area (Å²) < 4.78 is 10.2. The first-order valence-corrected chi connectivity index (χ1v) is 3.70. The van der Waals surface area contributed by atoms with Gasteiger partial charge in [-0.1, -0.05) is 6.08 Å². The number of ether oxygens (including phenoxy) is 2. The molecule has 11 heavy (non-hydrogen) atoms. The van der Waals surface area contributed by atoms with Crippen LogP contribution in [0.2, 0.25) is 0 Å². The molecule has 0 saturated carbocycles. The van der Waals surface area contributed by atoms with Gasteiger partial charge in [0.05, 0.1) is 38.4 Å². The van der Waals surface area contributed by atoms with Crippen molar-refractivity contribution in [2.45, 2.75) is 0 Å². The average molecular weight is 158 g/mol. The quantitative estimate of drug-likeness (QED) is 0.459. The number of aliphatic hydroxyl groups is 1. The molecule has 1 fully saturated rings. The average Bonchev–Trinajstić information content (AvgIpc) is 1.95. The minimum absolute atomic E-state index is 0.122. The zero-order valence-electron chi connectivity index (χ0n) is 6.58. The molecule has 0 spiro atoms. The van der Waals surface area contributed by atoms with Crippen LogP contribution in [0.15, 0.2) is 12.7 Å². The lowest BCUT2D eigenvalue weighted by molar-refractivity contribution is -0.166. The van der Waals surface area contributed by atoms with Crippen LogP contribution in [0.1, 0.15) is 0 Å². The summed E-state index contributed by atoms with van der Waals surface area (Å²) in [5, 5.41) is 8.95. The third kappa shape index (κ3) is 2.02. The van der Waals surface area contributed by atoms with Crippen molar-refractivity contribution in [1.82, 2.24) is 0 Å². The van der Waals surface area contributed by atoms with Crippen LogP contribution in [-0.4, -0.2) is 38.1 Å². The Hall–Kier alpha value is -0.380. The molecule has 0 unspecified atom stereocenters. The fourth-order valence-electron chi connectivity index (χ4n) is 0.970. The highest BCUT2D eigenvalue weighted by Gasteiger charge is 2.38. The minimum atomic E-state index is -0.122. The molecule has 0 aliphatic carbocycles. The van der Waals surface area contributed by atoms with Gasteiger partial charge in [-0.2, -0.15) is 0 Å². The van der Waals surface area contributed by atoms with Crippen molar-refractivity contribution in [2.24, 2.45) is 5.41 Å². The Morgan fingerprint density at radius 2 is 2.36 bits per heavy atom. The van der Waals surface area contributed by atoms with Gasteiger partial charge in [-0.3, -0.25) is 0 Å². The van der Waals surface area contributed by atoms with Gasteiger partial charge in [0.2, 0.25) is 0 Å². The molecule has 0 aromatic carbocycles. The van der Waals surface area contributed by atoms with Gasteiger partial charge in [0, 0.05) is 0 Å². The summed E-state index contributed by atoms with van der Waals surface area (Å²) in [7, 11) is 0. The molecule has 0 bridgehead atoms. The molecule has 1 saturated heterocycles. The molecular weight excluding hydrogens is 144 g/mol. The van der Waals surface area contributed by atoms with E-state index in [0.29, 0.717) is 26.4 Å². The Morgan fingerprint density at radius 3 is 2.73 bits per heavy atom. The van der Waals surface area contributed by atoms with Crippen LogP contribution >= 0.6 is 0 Å². The molecule has 0 aromatic rings. The highest BCUT2D eigenvalue weighted by Crippen LogP contribution is 2.26. The van der Waals surface area contributed by atoms with E-state index < -0.39 is 0 Å². The van der Waals surface area contributed by atoms with Crippen molar-refractivity contribution in [2.75, 3.05) is 33.0 Å². The van der Waals surface area contributed by atoms with E-state index in [1.807, 2.05) is 0 Å². The Kier molecular flexibility index (Phi) is 3.05. The van der Waals surface area contributed by atoms with Crippen LogP contribution in [0.3, 0.4) is 0 Å². The van der Waals surface area contributed by atoms with Gasteiger partial charge in [-0.25, -0.2) is 0 Å². The molecule has 0 atom stereocenters. The van der Waals surface area contributed by atoms with Gasteiger partial charge in [-0.05, 0) is 0 Å². The van der Waals surface area contributed by atoms with Gasteiger partial charge in [0.25, 0.3) is 0 Å². The van der Waals surface area contributed by atoms with E-state index in [1.165, 1.54) is 0 Å². The summed E-state index contributed by atoms with van der Waals surface area (Å²) in [6, 6.07) is 0. The smallest absolute Gasteiger partial charge is 0.0645 e. The molecule has 1 heterocycles. The van der Waals surface area contributed by atoms with E-state index in [4.69, 9.17) is 14.6 Å². The topological polar surface area (TPSA) is 38.7 Å². The van der Waals surface area contributed by atoms with E-state index in [2.05, 4.69) is 6.58 Å². The molecule has 64 valence electrons. The van der Waals surface area contributed by atoms with Crippen molar-refractivity contribution >= 4 is 0 Å². The Morgan fingerprint density at radius 1 is 1.64 bits per heavy atom. The molecule has 0 aromatic heterocycles. The van der Waals surface area contributed by atoms with Gasteiger partial charge in [0.1, 0.15) is 0 Å². The fraction of sp³-hybridized carbons (Fsp3) is 0.750. The number of hydrogen-bond donors (Lipinski definition) is 1. The molecule has 0 amide bonds. The Balaban J connectivity index is 2.16. The monoisotopic (exact) mass is 158 g/mol. The highest BCUT2D eigenvalue weighted by atomic mass is 16.5. The van der Waals surface area contributed by atoms with Crippen LogP contribution in [0.25, 0.3) is 0 Å². The van der Waals surface area contributed by atoms with E-state index in [0.717, 1.165) is 0 Å². The van der Waals surface area contributed by atoms with Gasteiger partial charge >= 0.3 is 0 Å². The first-order chi connectivity index (χ1) is 5.33. The molecule has 1 rings (SSSR count). The van der Waals surface area contributed by atoms with Crippen molar-refractivity contribution in [1.29, 1.82) is 0 Å². The predicted molar refractivity (Wildman–Crippen MR) is 41.4 cm³/mol. The second-order valence-electron chi connectivity index (χ2n) is 2.95. The van der Waals surface area contributed by atoms with E-state index in [-0.39, 0.29) is 12.0 Å². The molecule has 1 aliphatic heterocycles. The van der Waals surface area contributed by atoms with Crippen LogP contribution in [0.4, 0.5) is 0 Å². The molecule has 1 N–H and O–H groups in total. The summed E-state index contributed by atoms with van der Waals surface area (Å²) in [5.41, 5.74) is -0.122. The van der Waals surface area contributed by atoms with Crippen LogP contribution in [0.5, 0.6) is 0 Å². The van der Waals surface area contributed by atoms with Crippen LogP contribution in [-0.2, 0) is 9.47 Å². The largest absolute Gasteiger partial charge is 0.396 e. The summed E-state index contributed by atoms with van der Waals surface area (Å²) in [6.45, 7) is 6.01. The van der Waals surface area contributed by atoms with Gasteiger partial charge < -0.3 is 14.6 Å². The maximum absolute atomic E-state index is 8.95. The number of hydrogen-bond acceptors (Lipinski definition) is 3. The molecular formula is C8H14O3. The molecule has 1 aliphatic rings. The first-order valence-electron chi connectivity index (χ1n) is 3.70. The lowest BCUT2D eigenvalue weighted by Gasteiger charge is -2.39. The highest BCUT2D eigenvalue weighted by molar-refractivity contribution is 4.85. The summed E-state index contributed by atoms with van der Waals surface area (Å²) in [5.74, 6) is 0. The fourth-order valence-corrected chi connectivity index (χ4v) is 0.970. The van der Waals surface area contributed by atoms with E-state index in [1.54, 1.807) is 6.08 Å². The third-order valence-electron chi connectivity index (χ3n) is 1.80. The van der Waals surface area contributed by atoms with E-state index in [9.17, 15) is 0 Å². The summed E-state index contributed by atoms with van der Waals surface area (Å²) in [4.78, 5) is 0. The van der Waals surface area contributed by atoms with Crippen molar-refractivity contribution in [3.05, 3.63) is 12.7 Å². The lowest BCUT2D eigenvalue weighted by atomic mass is 9.88. The van der Waals surface area contributed by atoms with Gasteiger partial charge in [-0.15, -0.1) is 6.58 Å². The minimum Gasteiger partial charge on any atom is -0.396 e. The predicted octanol–water partition coefficient (Wildman–Crippen LogP) is 0.198. The normalized spacial score (nSPS) is 20.8. The maximum atomic E-state index is 8.95. The second-order valence-corrected chi connectivity index (χ2v) is 2.95. The Labute approximate surface area is 66.6 Å². The van der Waals surface area contributed by atoms with Gasteiger partial charge in [0.15, 0.2) is 0 Å². The van der Waals surface area contributed by atoms with Crippen molar-refractivity contribution in [3.8, 4) is 0 Å². The molecule has 3 nitrogen and oxygen atoms in total. The first kappa shape index (κ1) is 8.71. The Bertz CT molecular complexity index is 124. The third-order valence-corrected chi connectivity index (χ3v) is 1.80. The lowest BCUT2D eigenvalue weighted by Crippen LogP contribution is -2.49. The zero-order chi connectivity index (χ0) is 8.16. The molecule has 3 heteroatoms. The summed E-state index contributed by atoms with van der Waals surface area (Å²) in [6.07, 6.45) is 1.70. The summed E-state index contributed by atoms with van der Waals surface area (Å²) >= 11 is 0. The SMILES string of the molecule is C=CCOCC1(CO)COC1. The van der Waals surface area contributed by atoms with E-state index >= 15 is 0 Å². The van der Waals surface area contributed by atoms with Crippen molar-refractivity contribution in [3.63, 3.8) is 0 Å². The number of rotatable bonds is 5. The van der Waals surface area contributed by atoms with Crippen LogP contribution in [0, 0.1) is 5.41 Å².